The van der Waals surface area contributed by atoms with Crippen LogP contribution in [0.3, 0.4) is 0 Å². The molecule has 1 aliphatic heterocycles. The summed E-state index contributed by atoms with van der Waals surface area (Å²) >= 11 is 0. The Morgan fingerprint density at radius 1 is 1.07 bits per heavy atom. The molecule has 5 N–H and O–H groups in total. The first-order chi connectivity index (χ1) is 18.8. The molecule has 0 radical (unpaired) electrons. The minimum atomic E-state index is -4.92. The summed E-state index contributed by atoms with van der Waals surface area (Å²) in [6.45, 7) is 6.66. The van der Waals surface area contributed by atoms with E-state index in [9.17, 15) is 32.5 Å². The van der Waals surface area contributed by atoms with Gasteiger partial charge >= 0.3 is 6.09 Å². The second kappa shape index (κ2) is 13.8. The Balaban J connectivity index is 1.58. The van der Waals surface area contributed by atoms with Crippen molar-refractivity contribution in [2.24, 2.45) is 22.7 Å². The van der Waals surface area contributed by atoms with Crippen LogP contribution >= 0.6 is 0 Å². The van der Waals surface area contributed by atoms with Crippen molar-refractivity contribution in [3.8, 4) is 0 Å². The standard InChI is InChI=1S/C28H49N3O8S/c1-4-5-6-8-27-9-12-28(13-10-27,14-11-27)18-39-26(35)31-21(16-19(2)3)24(33)30-22(25(34)40(36,37)38)17-20-7-15-29-23(20)32/h19-22,25,34H,4-18H2,1-3H3,(H,29,32)(H,30,33)(H,31,35)(H,36,37,38)/t20-,21-,22-,25?,27?,28?/m0/s1. The molecule has 1 heterocycles. The van der Waals surface area contributed by atoms with E-state index in [1.807, 2.05) is 13.8 Å². The molecule has 40 heavy (non-hydrogen) atoms. The monoisotopic (exact) mass is 587 g/mol. The van der Waals surface area contributed by atoms with E-state index in [4.69, 9.17) is 4.74 Å². The zero-order valence-electron chi connectivity index (χ0n) is 24.2. The number of hydrogen-bond donors (Lipinski definition) is 5. The number of nitrogens with one attached hydrogen (secondary N) is 3. The number of carbonyl (C=O) groups is 3. The number of aliphatic hydroxyl groups is 1. The number of fused-ring (bicyclic) bond motifs is 3. The fourth-order valence-corrected chi connectivity index (χ4v) is 7.30. The number of ether oxygens (including phenoxy) is 1. The maximum atomic E-state index is 13.2. The number of rotatable bonds is 15. The molecule has 0 aromatic heterocycles. The second-order valence-corrected chi connectivity index (χ2v) is 14.4. The van der Waals surface area contributed by atoms with Crippen LogP contribution in [0.25, 0.3) is 0 Å². The van der Waals surface area contributed by atoms with Gasteiger partial charge in [0.15, 0.2) is 0 Å². The molecule has 4 atom stereocenters. The van der Waals surface area contributed by atoms with E-state index in [0.717, 1.165) is 38.5 Å². The fourth-order valence-electron chi connectivity index (χ4n) is 6.70. The van der Waals surface area contributed by atoms with Gasteiger partial charge in [-0.1, -0.05) is 40.0 Å². The molecule has 3 saturated carbocycles. The average Bonchev–Trinajstić information content (AvgIpc) is 3.31. The number of carbonyl (C=O) groups excluding carboxylic acids is 3. The van der Waals surface area contributed by atoms with Gasteiger partial charge in [0.1, 0.15) is 6.04 Å². The van der Waals surface area contributed by atoms with Gasteiger partial charge in [-0.2, -0.15) is 8.42 Å². The van der Waals surface area contributed by atoms with Crippen molar-refractivity contribution in [2.45, 2.75) is 122 Å². The van der Waals surface area contributed by atoms with Crippen LogP contribution in [0, 0.1) is 22.7 Å². The van der Waals surface area contributed by atoms with E-state index in [1.165, 1.54) is 25.7 Å². The molecule has 3 aliphatic carbocycles. The molecule has 0 spiro atoms. The Hall–Kier alpha value is -1.92. The first-order valence-electron chi connectivity index (χ1n) is 14.9. The Morgan fingerprint density at radius 3 is 2.23 bits per heavy atom. The number of alkyl carbamates (subject to hydrolysis) is 1. The highest BCUT2D eigenvalue weighted by atomic mass is 32.2. The Labute approximate surface area is 238 Å². The third kappa shape index (κ3) is 8.79. The summed E-state index contributed by atoms with van der Waals surface area (Å²) in [5.74, 6) is -1.66. The highest BCUT2D eigenvalue weighted by Crippen LogP contribution is 2.58. The summed E-state index contributed by atoms with van der Waals surface area (Å²) in [5.41, 5.74) is -1.89. The predicted molar refractivity (Wildman–Crippen MR) is 150 cm³/mol. The summed E-state index contributed by atoms with van der Waals surface area (Å²) in [7, 11) is -4.92. The van der Waals surface area contributed by atoms with Crippen molar-refractivity contribution in [1.82, 2.24) is 16.0 Å². The lowest BCUT2D eigenvalue weighted by molar-refractivity contribution is -0.126. The number of amides is 3. The molecule has 0 aromatic rings. The normalized spacial score (nSPS) is 28.6. The Bertz CT molecular complexity index is 977. The van der Waals surface area contributed by atoms with E-state index in [1.54, 1.807) is 0 Å². The molecule has 1 unspecified atom stereocenters. The highest BCUT2D eigenvalue weighted by molar-refractivity contribution is 7.86. The van der Waals surface area contributed by atoms with Crippen LogP contribution in [0.2, 0.25) is 0 Å². The minimum absolute atomic E-state index is 0.00211. The van der Waals surface area contributed by atoms with Gasteiger partial charge in [-0.15, -0.1) is 0 Å². The quantitative estimate of drug-likeness (QED) is 0.143. The SMILES string of the molecule is CCCCCC12CCC(COC(=O)N[C@@H](CC(C)C)C(=O)N[C@@H](C[C@@H]3CCNC3=O)C(O)S(=O)(=O)O)(CC1)CC2. The van der Waals surface area contributed by atoms with Crippen molar-refractivity contribution in [2.75, 3.05) is 13.2 Å². The molecule has 4 rings (SSSR count). The topological polar surface area (TPSA) is 171 Å². The molecule has 230 valence electrons. The fraction of sp³-hybridized carbons (Fsp3) is 0.893. The largest absolute Gasteiger partial charge is 0.449 e. The molecular formula is C28H49N3O8S. The van der Waals surface area contributed by atoms with Crippen LogP contribution in [0.15, 0.2) is 0 Å². The van der Waals surface area contributed by atoms with Crippen molar-refractivity contribution >= 4 is 28.0 Å². The molecule has 12 heteroatoms. The second-order valence-electron chi connectivity index (χ2n) is 12.9. The van der Waals surface area contributed by atoms with E-state index in [0.29, 0.717) is 25.0 Å². The number of unbranched alkanes of at least 4 members (excludes halogenated alkanes) is 2. The van der Waals surface area contributed by atoms with Crippen molar-refractivity contribution < 1.29 is 37.2 Å². The minimum Gasteiger partial charge on any atom is -0.449 e. The van der Waals surface area contributed by atoms with Crippen LogP contribution in [0.5, 0.6) is 0 Å². The summed E-state index contributed by atoms with van der Waals surface area (Å²) < 4.78 is 38.5. The molecular weight excluding hydrogens is 538 g/mol. The van der Waals surface area contributed by atoms with Crippen molar-refractivity contribution in [3.63, 3.8) is 0 Å². The summed E-state index contributed by atoms with van der Waals surface area (Å²) in [4.78, 5) is 38.1. The zero-order valence-corrected chi connectivity index (χ0v) is 25.1. The van der Waals surface area contributed by atoms with Crippen molar-refractivity contribution in [1.29, 1.82) is 0 Å². The van der Waals surface area contributed by atoms with Crippen LogP contribution in [-0.2, 0) is 24.4 Å². The lowest BCUT2D eigenvalue weighted by atomic mass is 9.53. The van der Waals surface area contributed by atoms with Gasteiger partial charge in [-0.05, 0) is 75.5 Å². The van der Waals surface area contributed by atoms with Crippen LogP contribution < -0.4 is 16.0 Å². The summed E-state index contributed by atoms with van der Waals surface area (Å²) in [5, 5.41) is 18.0. The Kier molecular flexibility index (Phi) is 11.3. The van der Waals surface area contributed by atoms with Gasteiger partial charge in [-0.25, -0.2) is 4.79 Å². The highest BCUT2D eigenvalue weighted by Gasteiger charge is 2.48. The van der Waals surface area contributed by atoms with Gasteiger partial charge in [0.05, 0.1) is 12.6 Å². The van der Waals surface area contributed by atoms with Gasteiger partial charge in [0.25, 0.3) is 10.1 Å². The Morgan fingerprint density at radius 2 is 1.70 bits per heavy atom. The first-order valence-corrected chi connectivity index (χ1v) is 16.4. The smallest absolute Gasteiger partial charge is 0.407 e. The molecule has 11 nitrogen and oxygen atoms in total. The number of aliphatic hydroxyl groups excluding tert-OH is 1. The third-order valence-corrected chi connectivity index (χ3v) is 10.3. The molecule has 3 amide bonds. The van der Waals surface area contributed by atoms with Gasteiger partial charge in [0, 0.05) is 17.9 Å². The summed E-state index contributed by atoms with van der Waals surface area (Å²) in [6.07, 6.45) is 11.4. The van der Waals surface area contributed by atoms with Crippen LogP contribution in [0.1, 0.15) is 104 Å². The van der Waals surface area contributed by atoms with Gasteiger partial charge in [-0.3, -0.25) is 14.1 Å². The van der Waals surface area contributed by atoms with Gasteiger partial charge in [0.2, 0.25) is 17.3 Å². The van der Waals surface area contributed by atoms with E-state index >= 15 is 0 Å². The van der Waals surface area contributed by atoms with E-state index < -0.39 is 45.6 Å². The molecule has 4 aliphatic rings. The third-order valence-electron chi connectivity index (χ3n) is 9.37. The molecule has 2 bridgehead atoms. The van der Waals surface area contributed by atoms with E-state index in [-0.39, 0.29) is 30.1 Å². The van der Waals surface area contributed by atoms with Crippen LogP contribution in [-0.4, -0.2) is 66.7 Å². The van der Waals surface area contributed by atoms with Crippen LogP contribution in [0.4, 0.5) is 4.79 Å². The summed E-state index contributed by atoms with van der Waals surface area (Å²) in [6, 6.07) is -2.49. The van der Waals surface area contributed by atoms with Crippen molar-refractivity contribution in [3.05, 3.63) is 0 Å². The lowest BCUT2D eigenvalue weighted by Gasteiger charge is -2.53. The average molecular weight is 588 g/mol. The first kappa shape index (κ1) is 32.6. The predicted octanol–water partition coefficient (Wildman–Crippen LogP) is 3.27. The maximum Gasteiger partial charge on any atom is 0.407 e. The lowest BCUT2D eigenvalue weighted by Crippen LogP contribution is -2.55. The molecule has 4 fully saturated rings. The zero-order chi connectivity index (χ0) is 29.6. The van der Waals surface area contributed by atoms with E-state index in [2.05, 4.69) is 22.9 Å². The molecule has 1 saturated heterocycles. The van der Waals surface area contributed by atoms with Gasteiger partial charge < -0.3 is 25.8 Å². The maximum absolute atomic E-state index is 13.2. The molecule has 0 aromatic carbocycles. The number of hydrogen-bond acceptors (Lipinski definition) is 7.